The lowest BCUT2D eigenvalue weighted by molar-refractivity contribution is -0.144. The predicted octanol–water partition coefficient (Wildman–Crippen LogP) is 2.44. The van der Waals surface area contributed by atoms with Crippen LogP contribution in [0, 0.1) is 0 Å². The number of hydrogen-bond acceptors (Lipinski definition) is 4. The van der Waals surface area contributed by atoms with Crippen LogP contribution in [0.1, 0.15) is 23.1 Å². The molecule has 0 radical (unpaired) electrons. The van der Waals surface area contributed by atoms with Gasteiger partial charge in [0.1, 0.15) is 6.61 Å². The van der Waals surface area contributed by atoms with Crippen molar-refractivity contribution in [2.75, 3.05) is 5.73 Å². The Hall–Kier alpha value is -2.33. The van der Waals surface area contributed by atoms with Gasteiger partial charge >= 0.3 is 5.97 Å². The topological polar surface area (TPSA) is 72.6 Å². The van der Waals surface area contributed by atoms with E-state index in [-0.39, 0.29) is 19.2 Å². The third-order valence-corrected chi connectivity index (χ3v) is 3.20. The lowest BCUT2D eigenvalue weighted by Crippen LogP contribution is -2.06. The minimum atomic E-state index is -0.224. The van der Waals surface area contributed by atoms with Crippen LogP contribution in [0.5, 0.6) is 0 Å². The Morgan fingerprint density at radius 2 is 1.52 bits per heavy atom. The Labute approximate surface area is 124 Å². The van der Waals surface area contributed by atoms with Crippen LogP contribution < -0.4 is 5.73 Å². The summed E-state index contributed by atoms with van der Waals surface area (Å²) in [6, 6.07) is 14.8. The van der Waals surface area contributed by atoms with Crippen LogP contribution in [0.4, 0.5) is 5.69 Å². The number of esters is 1. The fourth-order valence-electron chi connectivity index (χ4n) is 1.91. The van der Waals surface area contributed by atoms with Crippen LogP contribution >= 0.6 is 0 Å². The van der Waals surface area contributed by atoms with Crippen LogP contribution in [0.25, 0.3) is 0 Å². The molecule has 0 unspecified atom stereocenters. The van der Waals surface area contributed by atoms with E-state index in [1.165, 1.54) is 0 Å². The summed E-state index contributed by atoms with van der Waals surface area (Å²) in [5, 5.41) is 8.95. The molecular formula is C17H19NO3. The van der Waals surface area contributed by atoms with Crippen LogP contribution in [0.15, 0.2) is 48.5 Å². The molecule has 0 aliphatic carbocycles. The maximum atomic E-state index is 11.7. The number of nitrogen functional groups attached to an aromatic ring is 1. The lowest BCUT2D eigenvalue weighted by atomic mass is 10.1. The number of aliphatic hydroxyl groups is 1. The molecule has 0 heterocycles. The number of nitrogens with two attached hydrogens (primary N) is 1. The quantitative estimate of drug-likeness (QED) is 0.631. The molecule has 0 aliphatic rings. The largest absolute Gasteiger partial charge is 0.461 e. The van der Waals surface area contributed by atoms with Gasteiger partial charge in [-0.15, -0.1) is 0 Å². The van der Waals surface area contributed by atoms with Gasteiger partial charge in [-0.2, -0.15) is 0 Å². The number of carbonyl (C=O) groups is 1. The van der Waals surface area contributed by atoms with Crippen molar-refractivity contribution < 1.29 is 14.6 Å². The maximum absolute atomic E-state index is 11.7. The Morgan fingerprint density at radius 3 is 2.14 bits per heavy atom. The van der Waals surface area contributed by atoms with Crippen molar-refractivity contribution in [2.24, 2.45) is 0 Å². The van der Waals surface area contributed by atoms with Gasteiger partial charge in [-0.05, 0) is 35.2 Å². The number of anilines is 1. The second-order valence-corrected chi connectivity index (χ2v) is 4.88. The molecule has 0 aliphatic heterocycles. The molecule has 0 saturated carbocycles. The first-order valence-electron chi connectivity index (χ1n) is 6.86. The highest BCUT2D eigenvalue weighted by Crippen LogP contribution is 2.10. The van der Waals surface area contributed by atoms with Crippen molar-refractivity contribution in [3.63, 3.8) is 0 Å². The molecular weight excluding hydrogens is 266 g/mol. The van der Waals surface area contributed by atoms with Crippen molar-refractivity contribution in [1.29, 1.82) is 0 Å². The van der Waals surface area contributed by atoms with E-state index in [0.29, 0.717) is 18.5 Å². The van der Waals surface area contributed by atoms with Gasteiger partial charge in [0.2, 0.25) is 0 Å². The molecule has 0 saturated heterocycles. The SMILES string of the molecule is Nc1ccc(CCC(=O)OCc2ccc(CO)cc2)cc1. The molecule has 2 aromatic carbocycles. The first kappa shape index (κ1) is 15.1. The van der Waals surface area contributed by atoms with Crippen LogP contribution in [-0.4, -0.2) is 11.1 Å². The summed E-state index contributed by atoms with van der Waals surface area (Å²) in [7, 11) is 0. The molecule has 0 amide bonds. The number of aryl methyl sites for hydroxylation is 1. The molecule has 3 N–H and O–H groups in total. The van der Waals surface area contributed by atoms with Gasteiger partial charge < -0.3 is 15.6 Å². The van der Waals surface area contributed by atoms with E-state index in [9.17, 15) is 4.79 Å². The molecule has 110 valence electrons. The Morgan fingerprint density at radius 1 is 0.952 bits per heavy atom. The number of hydrogen-bond donors (Lipinski definition) is 2. The third-order valence-electron chi connectivity index (χ3n) is 3.20. The second-order valence-electron chi connectivity index (χ2n) is 4.88. The third kappa shape index (κ3) is 4.93. The van der Waals surface area contributed by atoms with Crippen molar-refractivity contribution in [3.8, 4) is 0 Å². The van der Waals surface area contributed by atoms with Gasteiger partial charge in [-0.1, -0.05) is 36.4 Å². The van der Waals surface area contributed by atoms with E-state index in [1.54, 1.807) is 0 Å². The lowest BCUT2D eigenvalue weighted by Gasteiger charge is -2.06. The highest BCUT2D eigenvalue weighted by atomic mass is 16.5. The average Bonchev–Trinajstić information content (AvgIpc) is 2.53. The zero-order chi connectivity index (χ0) is 15.1. The molecule has 2 aromatic rings. The summed E-state index contributed by atoms with van der Waals surface area (Å²) < 4.78 is 5.22. The van der Waals surface area contributed by atoms with Crippen LogP contribution in [0.3, 0.4) is 0 Å². The molecule has 4 nitrogen and oxygen atoms in total. The minimum absolute atomic E-state index is 0.0155. The van der Waals surface area contributed by atoms with Crippen LogP contribution in [-0.2, 0) is 29.2 Å². The fraction of sp³-hybridized carbons (Fsp3) is 0.235. The van der Waals surface area contributed by atoms with Gasteiger partial charge in [-0.25, -0.2) is 0 Å². The maximum Gasteiger partial charge on any atom is 0.306 e. The van der Waals surface area contributed by atoms with Crippen molar-refractivity contribution in [3.05, 3.63) is 65.2 Å². The van der Waals surface area contributed by atoms with Gasteiger partial charge in [-0.3, -0.25) is 4.79 Å². The average molecular weight is 285 g/mol. The molecule has 0 atom stereocenters. The minimum Gasteiger partial charge on any atom is -0.461 e. The van der Waals surface area contributed by atoms with E-state index < -0.39 is 0 Å². The highest BCUT2D eigenvalue weighted by Gasteiger charge is 2.04. The molecule has 0 bridgehead atoms. The normalized spacial score (nSPS) is 10.3. The Bertz CT molecular complexity index is 576. The summed E-state index contributed by atoms with van der Waals surface area (Å²) in [5.74, 6) is -0.224. The molecule has 2 rings (SSSR count). The predicted molar refractivity (Wildman–Crippen MR) is 81.3 cm³/mol. The summed E-state index contributed by atoms with van der Waals surface area (Å²) in [4.78, 5) is 11.7. The summed E-state index contributed by atoms with van der Waals surface area (Å²) in [6.45, 7) is 0.272. The summed E-state index contributed by atoms with van der Waals surface area (Å²) in [6.07, 6.45) is 0.987. The number of rotatable bonds is 6. The van der Waals surface area contributed by atoms with Crippen LogP contribution in [0.2, 0.25) is 0 Å². The van der Waals surface area contributed by atoms with Crippen molar-refractivity contribution in [2.45, 2.75) is 26.1 Å². The molecule has 0 aromatic heterocycles. The van der Waals surface area contributed by atoms with Gasteiger partial charge in [0.15, 0.2) is 0 Å². The van der Waals surface area contributed by atoms with Gasteiger partial charge in [0.05, 0.1) is 6.61 Å². The zero-order valence-corrected chi connectivity index (χ0v) is 11.8. The standard InChI is InChI=1S/C17H19NO3/c18-16-8-5-13(6-9-16)7-10-17(20)21-12-15-3-1-14(11-19)2-4-15/h1-6,8-9,19H,7,10-12,18H2. The van der Waals surface area contributed by atoms with E-state index in [0.717, 1.165) is 16.7 Å². The zero-order valence-electron chi connectivity index (χ0n) is 11.8. The van der Waals surface area contributed by atoms with E-state index in [4.69, 9.17) is 15.6 Å². The van der Waals surface area contributed by atoms with Crippen molar-refractivity contribution in [1.82, 2.24) is 0 Å². The van der Waals surface area contributed by atoms with Crippen molar-refractivity contribution >= 4 is 11.7 Å². The van der Waals surface area contributed by atoms with Gasteiger partial charge in [0, 0.05) is 12.1 Å². The van der Waals surface area contributed by atoms with Gasteiger partial charge in [0.25, 0.3) is 0 Å². The number of carbonyl (C=O) groups excluding carboxylic acids is 1. The molecule has 4 heteroatoms. The molecule has 0 fully saturated rings. The second kappa shape index (κ2) is 7.45. The summed E-state index contributed by atoms with van der Waals surface area (Å²) >= 11 is 0. The molecule has 21 heavy (non-hydrogen) atoms. The number of aliphatic hydroxyl groups excluding tert-OH is 1. The fourth-order valence-corrected chi connectivity index (χ4v) is 1.91. The Balaban J connectivity index is 1.75. The summed E-state index contributed by atoms with van der Waals surface area (Å²) in [5.41, 5.74) is 9.14. The van der Waals surface area contributed by atoms with E-state index in [1.807, 2.05) is 48.5 Å². The smallest absolute Gasteiger partial charge is 0.306 e. The highest BCUT2D eigenvalue weighted by molar-refractivity contribution is 5.69. The Kier molecular flexibility index (Phi) is 5.35. The monoisotopic (exact) mass is 285 g/mol. The first-order chi connectivity index (χ1) is 10.2. The van der Waals surface area contributed by atoms with E-state index in [2.05, 4.69) is 0 Å². The molecule has 0 spiro atoms. The van der Waals surface area contributed by atoms with E-state index >= 15 is 0 Å². The number of ether oxygens (including phenoxy) is 1. The first-order valence-corrected chi connectivity index (χ1v) is 6.86. The number of benzene rings is 2.